The van der Waals surface area contributed by atoms with Crippen LogP contribution in [0.2, 0.25) is 0 Å². The highest BCUT2D eigenvalue weighted by atomic mass is 127. The molecule has 1 fully saturated rings. The van der Waals surface area contributed by atoms with Crippen molar-refractivity contribution in [3.8, 4) is 0 Å². The Balaban J connectivity index is 0.00000264. The summed E-state index contributed by atoms with van der Waals surface area (Å²) in [6, 6.07) is 11.5. The maximum Gasteiger partial charge on any atom is 0.191 e. The van der Waals surface area contributed by atoms with Crippen LogP contribution in [0.4, 0.5) is 0 Å². The van der Waals surface area contributed by atoms with E-state index >= 15 is 0 Å². The molecule has 2 atom stereocenters. The summed E-state index contributed by atoms with van der Waals surface area (Å²) in [5.41, 5.74) is 1.24. The summed E-state index contributed by atoms with van der Waals surface area (Å²) in [4.78, 5) is 7.26. The SMILES string of the molecule is CCNC(=NCc1ccccc1)NC1CN(C(C)C)CC1C.I. The lowest BCUT2D eigenvalue weighted by Gasteiger charge is -2.22. The van der Waals surface area contributed by atoms with E-state index in [-0.39, 0.29) is 24.0 Å². The first kappa shape index (κ1) is 20.2. The van der Waals surface area contributed by atoms with Crippen LogP contribution in [0.15, 0.2) is 35.3 Å². The van der Waals surface area contributed by atoms with E-state index in [4.69, 9.17) is 4.99 Å². The Hall–Kier alpha value is -0.820. The quantitative estimate of drug-likeness (QED) is 0.429. The van der Waals surface area contributed by atoms with E-state index in [1.807, 2.05) is 6.07 Å². The van der Waals surface area contributed by atoms with E-state index in [0.717, 1.165) is 25.6 Å². The van der Waals surface area contributed by atoms with Gasteiger partial charge in [0.25, 0.3) is 0 Å². The molecule has 1 aliphatic heterocycles. The highest BCUT2D eigenvalue weighted by Gasteiger charge is 2.31. The van der Waals surface area contributed by atoms with E-state index in [1.165, 1.54) is 5.56 Å². The topological polar surface area (TPSA) is 39.7 Å². The number of nitrogens with one attached hydrogen (secondary N) is 2. The second kappa shape index (κ2) is 10.1. The first-order chi connectivity index (χ1) is 10.6. The normalized spacial score (nSPS) is 22.0. The molecule has 0 spiro atoms. The van der Waals surface area contributed by atoms with Gasteiger partial charge in [0.15, 0.2) is 5.96 Å². The number of nitrogens with zero attached hydrogens (tertiary/aromatic N) is 2. The van der Waals surface area contributed by atoms with Crippen LogP contribution in [0.5, 0.6) is 0 Å². The molecule has 0 aromatic heterocycles. The average molecular weight is 430 g/mol. The number of benzene rings is 1. The molecular formula is C18H31IN4. The maximum atomic E-state index is 4.73. The zero-order chi connectivity index (χ0) is 15.9. The van der Waals surface area contributed by atoms with Gasteiger partial charge in [0.05, 0.1) is 6.54 Å². The first-order valence-electron chi connectivity index (χ1n) is 8.43. The van der Waals surface area contributed by atoms with Crippen LogP contribution in [-0.4, -0.2) is 42.6 Å². The molecule has 1 heterocycles. The van der Waals surface area contributed by atoms with Crippen molar-refractivity contribution in [1.82, 2.24) is 15.5 Å². The van der Waals surface area contributed by atoms with Gasteiger partial charge in [-0.05, 0) is 32.3 Å². The monoisotopic (exact) mass is 430 g/mol. The average Bonchev–Trinajstić information content (AvgIpc) is 2.87. The van der Waals surface area contributed by atoms with Gasteiger partial charge in [-0.15, -0.1) is 24.0 Å². The van der Waals surface area contributed by atoms with Gasteiger partial charge in [0.2, 0.25) is 0 Å². The molecule has 5 heteroatoms. The third-order valence-corrected chi connectivity index (χ3v) is 4.30. The minimum Gasteiger partial charge on any atom is -0.357 e. The minimum absolute atomic E-state index is 0. The van der Waals surface area contributed by atoms with Gasteiger partial charge < -0.3 is 10.6 Å². The first-order valence-corrected chi connectivity index (χ1v) is 8.43. The molecule has 4 nitrogen and oxygen atoms in total. The largest absolute Gasteiger partial charge is 0.357 e. The number of halogens is 1. The minimum atomic E-state index is 0. The number of aliphatic imine (C=N–C) groups is 1. The Morgan fingerprint density at radius 2 is 1.96 bits per heavy atom. The van der Waals surface area contributed by atoms with Gasteiger partial charge in [0, 0.05) is 31.7 Å². The van der Waals surface area contributed by atoms with Gasteiger partial charge in [0.1, 0.15) is 0 Å². The summed E-state index contributed by atoms with van der Waals surface area (Å²) in [7, 11) is 0. The highest BCUT2D eigenvalue weighted by molar-refractivity contribution is 14.0. The summed E-state index contributed by atoms with van der Waals surface area (Å²) in [6.45, 7) is 12.8. The van der Waals surface area contributed by atoms with Crippen molar-refractivity contribution < 1.29 is 0 Å². The summed E-state index contributed by atoms with van der Waals surface area (Å²) in [5.74, 6) is 1.57. The predicted octanol–water partition coefficient (Wildman–Crippen LogP) is 3.09. The Kier molecular flexibility index (Phi) is 8.91. The maximum absolute atomic E-state index is 4.73. The van der Waals surface area contributed by atoms with Crippen LogP contribution >= 0.6 is 24.0 Å². The standard InChI is InChI=1S/C18H30N4.HI/c1-5-19-18(20-11-16-9-7-6-8-10-16)21-17-13-22(14(2)3)12-15(17)4;/h6-10,14-15,17H,5,11-13H2,1-4H3,(H2,19,20,21);1H. The molecule has 1 saturated heterocycles. The number of guanidine groups is 1. The molecule has 1 aliphatic rings. The van der Waals surface area contributed by atoms with E-state index in [0.29, 0.717) is 24.5 Å². The molecule has 0 bridgehead atoms. The zero-order valence-electron chi connectivity index (χ0n) is 14.7. The van der Waals surface area contributed by atoms with Crippen molar-refractivity contribution >= 4 is 29.9 Å². The molecule has 2 rings (SSSR count). The van der Waals surface area contributed by atoms with Gasteiger partial charge in [-0.25, -0.2) is 4.99 Å². The predicted molar refractivity (Wildman–Crippen MR) is 109 cm³/mol. The lowest BCUT2D eigenvalue weighted by Crippen LogP contribution is -2.46. The zero-order valence-corrected chi connectivity index (χ0v) is 17.1. The Morgan fingerprint density at radius 3 is 2.52 bits per heavy atom. The molecule has 1 aromatic rings. The van der Waals surface area contributed by atoms with E-state index < -0.39 is 0 Å². The molecule has 23 heavy (non-hydrogen) atoms. The van der Waals surface area contributed by atoms with Gasteiger partial charge in [-0.3, -0.25) is 4.90 Å². The van der Waals surface area contributed by atoms with Crippen molar-refractivity contribution in [2.24, 2.45) is 10.9 Å². The molecular weight excluding hydrogens is 399 g/mol. The number of likely N-dealkylation sites (tertiary alicyclic amines) is 1. The Labute approximate surface area is 158 Å². The summed E-state index contributed by atoms with van der Waals surface area (Å²) in [5, 5.41) is 6.98. The van der Waals surface area contributed by atoms with Crippen LogP contribution in [0.3, 0.4) is 0 Å². The van der Waals surface area contributed by atoms with Gasteiger partial charge >= 0.3 is 0 Å². The van der Waals surface area contributed by atoms with Crippen LogP contribution in [0.25, 0.3) is 0 Å². The summed E-state index contributed by atoms with van der Waals surface area (Å²) in [6.07, 6.45) is 0. The van der Waals surface area contributed by atoms with Crippen molar-refractivity contribution in [2.75, 3.05) is 19.6 Å². The van der Waals surface area contributed by atoms with E-state index in [1.54, 1.807) is 0 Å². The van der Waals surface area contributed by atoms with Crippen molar-refractivity contribution in [2.45, 2.75) is 46.3 Å². The number of hydrogen-bond acceptors (Lipinski definition) is 2. The molecule has 2 N–H and O–H groups in total. The lowest BCUT2D eigenvalue weighted by molar-refractivity contribution is 0.265. The van der Waals surface area contributed by atoms with Crippen molar-refractivity contribution in [3.05, 3.63) is 35.9 Å². The van der Waals surface area contributed by atoms with Crippen LogP contribution in [-0.2, 0) is 6.54 Å². The lowest BCUT2D eigenvalue weighted by atomic mass is 10.1. The second-order valence-corrected chi connectivity index (χ2v) is 6.46. The Bertz CT molecular complexity index is 475. The Morgan fingerprint density at radius 1 is 1.26 bits per heavy atom. The van der Waals surface area contributed by atoms with E-state index in [2.05, 4.69) is 67.5 Å². The van der Waals surface area contributed by atoms with Crippen LogP contribution < -0.4 is 10.6 Å². The third kappa shape index (κ3) is 6.30. The molecule has 130 valence electrons. The highest BCUT2D eigenvalue weighted by Crippen LogP contribution is 2.18. The van der Waals surface area contributed by atoms with Crippen LogP contribution in [0.1, 0.15) is 33.3 Å². The molecule has 0 radical (unpaired) electrons. The van der Waals surface area contributed by atoms with Crippen molar-refractivity contribution in [3.63, 3.8) is 0 Å². The molecule has 0 amide bonds. The molecule has 0 saturated carbocycles. The third-order valence-electron chi connectivity index (χ3n) is 4.30. The number of rotatable bonds is 5. The van der Waals surface area contributed by atoms with Gasteiger partial charge in [-0.2, -0.15) is 0 Å². The van der Waals surface area contributed by atoms with Crippen LogP contribution in [0, 0.1) is 5.92 Å². The smallest absolute Gasteiger partial charge is 0.191 e. The molecule has 2 unspecified atom stereocenters. The van der Waals surface area contributed by atoms with Gasteiger partial charge in [-0.1, -0.05) is 37.3 Å². The second-order valence-electron chi connectivity index (χ2n) is 6.46. The molecule has 1 aromatic carbocycles. The fourth-order valence-corrected chi connectivity index (χ4v) is 2.86. The fourth-order valence-electron chi connectivity index (χ4n) is 2.86. The van der Waals surface area contributed by atoms with Crippen molar-refractivity contribution in [1.29, 1.82) is 0 Å². The summed E-state index contributed by atoms with van der Waals surface area (Å²) < 4.78 is 0. The van der Waals surface area contributed by atoms with E-state index in [9.17, 15) is 0 Å². The number of hydrogen-bond donors (Lipinski definition) is 2. The molecule has 0 aliphatic carbocycles. The summed E-state index contributed by atoms with van der Waals surface area (Å²) >= 11 is 0. The fraction of sp³-hybridized carbons (Fsp3) is 0.611.